The number of benzene rings is 1. The molecule has 3 aliphatic heterocycles. The van der Waals surface area contributed by atoms with E-state index in [0.717, 1.165) is 5.57 Å². The molecular formula is C17H15ClN2O3. The van der Waals surface area contributed by atoms with Crippen molar-refractivity contribution in [1.82, 2.24) is 0 Å². The molecule has 0 spiro atoms. The lowest BCUT2D eigenvalue weighted by Gasteiger charge is -2.30. The number of hydrogen-bond donors (Lipinski definition) is 0. The number of aliphatic imine (C=N–C) groups is 1. The molecule has 0 unspecified atom stereocenters. The zero-order valence-corrected chi connectivity index (χ0v) is 13.4. The van der Waals surface area contributed by atoms with Gasteiger partial charge in [-0.25, -0.2) is 4.90 Å². The number of halogens is 1. The molecule has 1 aromatic rings. The van der Waals surface area contributed by atoms with E-state index in [-0.39, 0.29) is 17.9 Å². The highest BCUT2D eigenvalue weighted by Gasteiger charge is 2.63. The third-order valence-electron chi connectivity index (χ3n) is 4.62. The summed E-state index contributed by atoms with van der Waals surface area (Å²) in [5.41, 5.74) is 0.730. The minimum atomic E-state index is -0.796. The second-order valence-corrected chi connectivity index (χ2v) is 6.79. The van der Waals surface area contributed by atoms with Crippen LogP contribution in [-0.2, 0) is 14.3 Å². The van der Waals surface area contributed by atoms with Crippen molar-refractivity contribution in [3.8, 4) is 0 Å². The van der Waals surface area contributed by atoms with Gasteiger partial charge < -0.3 is 4.74 Å². The van der Waals surface area contributed by atoms with Gasteiger partial charge in [-0.2, -0.15) is 0 Å². The number of ether oxygens (including phenoxy) is 1. The van der Waals surface area contributed by atoms with Crippen molar-refractivity contribution < 1.29 is 14.3 Å². The van der Waals surface area contributed by atoms with E-state index in [4.69, 9.17) is 16.3 Å². The van der Waals surface area contributed by atoms with Gasteiger partial charge in [0, 0.05) is 11.2 Å². The first-order valence-corrected chi connectivity index (χ1v) is 7.82. The van der Waals surface area contributed by atoms with Gasteiger partial charge in [0.25, 0.3) is 5.91 Å². The third kappa shape index (κ3) is 2.00. The van der Waals surface area contributed by atoms with Crippen LogP contribution in [0.1, 0.15) is 13.8 Å². The van der Waals surface area contributed by atoms with Gasteiger partial charge in [-0.05, 0) is 43.7 Å². The number of nitrogens with zero attached hydrogens (tertiary/aromatic N) is 2. The second-order valence-electron chi connectivity index (χ2n) is 6.35. The summed E-state index contributed by atoms with van der Waals surface area (Å²) in [6.45, 7) is 3.80. The molecule has 4 atom stereocenters. The lowest BCUT2D eigenvalue weighted by Crippen LogP contribution is -2.43. The fourth-order valence-corrected chi connectivity index (χ4v) is 3.89. The number of fused-ring (bicyclic) bond motifs is 3. The van der Waals surface area contributed by atoms with Crippen molar-refractivity contribution in [2.75, 3.05) is 4.90 Å². The largest absolute Gasteiger partial charge is 0.355 e. The number of dihydropyridines is 1. The first kappa shape index (κ1) is 14.6. The molecule has 2 fully saturated rings. The standard InChI is InChI=1S/C17H15ClN2O3/c1-9-7-17(2)14(19-8-9)12-13(23-17)16(22)20(15(12)21)11-5-3-4-10(18)6-11/h3-8,12-14H,1-2H3/t12-,13-,14-,17-/m0/s1. The summed E-state index contributed by atoms with van der Waals surface area (Å²) >= 11 is 5.98. The summed E-state index contributed by atoms with van der Waals surface area (Å²) < 4.78 is 5.98. The molecule has 3 aliphatic rings. The van der Waals surface area contributed by atoms with Crippen molar-refractivity contribution in [2.24, 2.45) is 10.9 Å². The van der Waals surface area contributed by atoms with E-state index in [9.17, 15) is 9.59 Å². The van der Waals surface area contributed by atoms with Crippen molar-refractivity contribution in [3.05, 3.63) is 40.9 Å². The van der Waals surface area contributed by atoms with Crippen LogP contribution in [0.2, 0.25) is 5.02 Å². The average molecular weight is 331 g/mol. The molecule has 118 valence electrons. The van der Waals surface area contributed by atoms with Crippen LogP contribution in [0.5, 0.6) is 0 Å². The van der Waals surface area contributed by atoms with Crippen LogP contribution in [0.25, 0.3) is 0 Å². The predicted octanol–water partition coefficient (Wildman–Crippen LogP) is 2.39. The molecule has 23 heavy (non-hydrogen) atoms. The van der Waals surface area contributed by atoms with E-state index < -0.39 is 17.6 Å². The molecule has 1 aromatic carbocycles. The Bertz CT molecular complexity index is 788. The summed E-state index contributed by atoms with van der Waals surface area (Å²) in [5, 5.41) is 0.472. The third-order valence-corrected chi connectivity index (χ3v) is 4.86. The smallest absolute Gasteiger partial charge is 0.263 e. The van der Waals surface area contributed by atoms with Gasteiger partial charge in [-0.3, -0.25) is 14.6 Å². The molecule has 6 heteroatoms. The lowest BCUT2D eigenvalue weighted by molar-refractivity contribution is -0.129. The van der Waals surface area contributed by atoms with Crippen molar-refractivity contribution in [1.29, 1.82) is 0 Å². The summed E-state index contributed by atoms with van der Waals surface area (Å²) in [7, 11) is 0. The topological polar surface area (TPSA) is 59.0 Å². The number of rotatable bonds is 1. The number of carbonyl (C=O) groups excluding carboxylic acids is 2. The Balaban J connectivity index is 1.74. The second kappa shape index (κ2) is 4.76. The van der Waals surface area contributed by atoms with Crippen LogP contribution in [0.3, 0.4) is 0 Å². The molecule has 0 aromatic heterocycles. The number of anilines is 1. The van der Waals surface area contributed by atoms with E-state index in [2.05, 4.69) is 4.99 Å². The Kier molecular flexibility index (Phi) is 3.02. The average Bonchev–Trinajstić information content (AvgIpc) is 2.90. The minimum absolute atomic E-state index is 0.277. The first-order chi connectivity index (χ1) is 10.9. The van der Waals surface area contributed by atoms with Crippen molar-refractivity contribution >= 4 is 35.3 Å². The molecular weight excluding hydrogens is 316 g/mol. The zero-order valence-electron chi connectivity index (χ0n) is 12.7. The molecule has 2 saturated heterocycles. The van der Waals surface area contributed by atoms with Gasteiger partial charge in [0.1, 0.15) is 5.60 Å². The Hall–Kier alpha value is -1.98. The summed E-state index contributed by atoms with van der Waals surface area (Å²) in [6.07, 6.45) is 2.88. The van der Waals surface area contributed by atoms with Crippen molar-refractivity contribution in [3.63, 3.8) is 0 Å². The quantitative estimate of drug-likeness (QED) is 0.743. The van der Waals surface area contributed by atoms with Gasteiger partial charge in [0.2, 0.25) is 5.91 Å². The number of imide groups is 1. The maximum atomic E-state index is 12.9. The molecule has 0 aliphatic carbocycles. The molecule has 0 bridgehead atoms. The van der Waals surface area contributed by atoms with E-state index in [1.54, 1.807) is 30.5 Å². The molecule has 3 heterocycles. The molecule has 0 saturated carbocycles. The monoisotopic (exact) mass is 330 g/mol. The SMILES string of the molecule is CC1=C[C@]2(C)O[C@@H]3C(=O)N(c4cccc(Cl)c4)C(=O)[C@@H]3[C@@H]2N=C1. The maximum Gasteiger partial charge on any atom is 0.263 e. The normalized spacial score (nSPS) is 35.3. The number of carbonyl (C=O) groups is 2. The Morgan fingerprint density at radius 2 is 2.09 bits per heavy atom. The highest BCUT2D eigenvalue weighted by molar-refractivity contribution is 6.31. The highest BCUT2D eigenvalue weighted by Crippen LogP contribution is 2.46. The molecule has 4 rings (SSSR count). The van der Waals surface area contributed by atoms with Gasteiger partial charge >= 0.3 is 0 Å². The number of allylic oxidation sites excluding steroid dienone is 1. The highest BCUT2D eigenvalue weighted by atomic mass is 35.5. The maximum absolute atomic E-state index is 12.9. The summed E-state index contributed by atoms with van der Waals surface area (Å²) in [5.74, 6) is -1.22. The van der Waals surface area contributed by atoms with Crippen LogP contribution in [-0.4, -0.2) is 35.8 Å². The number of amides is 2. The summed E-state index contributed by atoms with van der Waals surface area (Å²) in [6, 6.07) is 6.32. The van der Waals surface area contributed by atoms with Gasteiger partial charge in [-0.15, -0.1) is 0 Å². The van der Waals surface area contributed by atoms with Crippen LogP contribution in [0, 0.1) is 5.92 Å². The molecule has 0 radical (unpaired) electrons. The van der Waals surface area contributed by atoms with E-state index in [1.807, 2.05) is 19.9 Å². The van der Waals surface area contributed by atoms with E-state index >= 15 is 0 Å². The van der Waals surface area contributed by atoms with Gasteiger partial charge in [0.05, 0.1) is 17.6 Å². The first-order valence-electron chi connectivity index (χ1n) is 7.44. The fraction of sp³-hybridized carbons (Fsp3) is 0.353. The predicted molar refractivity (Wildman–Crippen MR) is 86.8 cm³/mol. The van der Waals surface area contributed by atoms with Crippen LogP contribution in [0.15, 0.2) is 40.9 Å². The zero-order chi connectivity index (χ0) is 16.4. The van der Waals surface area contributed by atoms with Gasteiger partial charge in [-0.1, -0.05) is 17.7 Å². The minimum Gasteiger partial charge on any atom is -0.355 e. The Morgan fingerprint density at radius 3 is 2.83 bits per heavy atom. The summed E-state index contributed by atoms with van der Waals surface area (Å²) in [4.78, 5) is 31.3. The van der Waals surface area contributed by atoms with Crippen LogP contribution >= 0.6 is 11.6 Å². The fourth-order valence-electron chi connectivity index (χ4n) is 3.71. The van der Waals surface area contributed by atoms with E-state index in [0.29, 0.717) is 10.7 Å². The van der Waals surface area contributed by atoms with Crippen LogP contribution < -0.4 is 4.90 Å². The van der Waals surface area contributed by atoms with Crippen LogP contribution in [0.4, 0.5) is 5.69 Å². The Morgan fingerprint density at radius 1 is 1.30 bits per heavy atom. The van der Waals surface area contributed by atoms with Crippen molar-refractivity contribution in [2.45, 2.75) is 31.6 Å². The molecule has 5 nitrogen and oxygen atoms in total. The lowest BCUT2D eigenvalue weighted by atomic mass is 9.85. The number of hydrogen-bond acceptors (Lipinski definition) is 4. The molecule has 2 amide bonds. The van der Waals surface area contributed by atoms with E-state index in [1.165, 1.54) is 4.90 Å². The molecule has 0 N–H and O–H groups in total. The van der Waals surface area contributed by atoms with Gasteiger partial charge in [0.15, 0.2) is 6.10 Å². The Labute approximate surface area is 138 Å².